The lowest BCUT2D eigenvalue weighted by Gasteiger charge is -2.30. The molecule has 0 bridgehead atoms. The van der Waals surface area contributed by atoms with Crippen molar-refractivity contribution in [3.63, 3.8) is 0 Å². The van der Waals surface area contributed by atoms with Crippen LogP contribution in [0.4, 0.5) is 10.5 Å². The fraction of sp³-hybridized carbons (Fsp3) is 0.529. The summed E-state index contributed by atoms with van der Waals surface area (Å²) in [6.45, 7) is 7.93. The SMILES string of the molecule is CCOC(=O)NN(C(=S)CP(=S)(OCC)OCC)c1c(C)cccc1C. The van der Waals surface area contributed by atoms with Crippen molar-refractivity contribution in [3.05, 3.63) is 29.3 Å². The summed E-state index contributed by atoms with van der Waals surface area (Å²) in [7, 11) is 0. The zero-order valence-electron chi connectivity index (χ0n) is 15.9. The smallest absolute Gasteiger partial charge is 0.426 e. The molecule has 9 heteroatoms. The van der Waals surface area contributed by atoms with E-state index in [0.717, 1.165) is 16.8 Å². The first-order valence-electron chi connectivity index (χ1n) is 8.48. The quantitative estimate of drug-likeness (QED) is 0.379. The summed E-state index contributed by atoms with van der Waals surface area (Å²) in [5, 5.41) is 1.55. The molecule has 0 aliphatic heterocycles. The molecule has 0 aliphatic rings. The van der Waals surface area contributed by atoms with Gasteiger partial charge in [-0.15, -0.1) is 0 Å². The van der Waals surface area contributed by atoms with Gasteiger partial charge in [0.25, 0.3) is 0 Å². The molecular weight excluding hydrogens is 391 g/mol. The third-order valence-electron chi connectivity index (χ3n) is 3.37. The van der Waals surface area contributed by atoms with Gasteiger partial charge < -0.3 is 13.8 Å². The van der Waals surface area contributed by atoms with Crippen LogP contribution in [0.15, 0.2) is 18.2 Å². The van der Waals surface area contributed by atoms with Gasteiger partial charge in [-0.2, -0.15) is 0 Å². The largest absolute Gasteiger partial charge is 0.449 e. The highest BCUT2D eigenvalue weighted by atomic mass is 32.5. The summed E-state index contributed by atoms with van der Waals surface area (Å²) in [5.41, 5.74) is 5.43. The van der Waals surface area contributed by atoms with Crippen LogP contribution in [0.3, 0.4) is 0 Å². The Morgan fingerprint density at radius 3 is 2.12 bits per heavy atom. The molecule has 0 unspecified atom stereocenters. The van der Waals surface area contributed by atoms with E-state index in [1.54, 1.807) is 11.9 Å². The Morgan fingerprint density at radius 2 is 1.65 bits per heavy atom. The van der Waals surface area contributed by atoms with Gasteiger partial charge in [-0.3, -0.25) is 0 Å². The van der Waals surface area contributed by atoms with E-state index in [2.05, 4.69) is 5.43 Å². The average Bonchev–Trinajstić information content (AvgIpc) is 2.54. The van der Waals surface area contributed by atoms with Crippen molar-refractivity contribution < 1.29 is 18.6 Å². The van der Waals surface area contributed by atoms with Crippen LogP contribution in [0.5, 0.6) is 0 Å². The second kappa shape index (κ2) is 10.9. The molecule has 0 spiro atoms. The van der Waals surface area contributed by atoms with Gasteiger partial charge in [0.1, 0.15) is 4.99 Å². The van der Waals surface area contributed by atoms with E-state index in [-0.39, 0.29) is 12.8 Å². The van der Waals surface area contributed by atoms with Crippen molar-refractivity contribution in [1.29, 1.82) is 0 Å². The minimum Gasteiger partial charge on any atom is -0.449 e. The van der Waals surface area contributed by atoms with Crippen LogP contribution >= 0.6 is 18.7 Å². The molecule has 26 heavy (non-hydrogen) atoms. The predicted molar refractivity (Wildman–Crippen MR) is 114 cm³/mol. The molecule has 146 valence electrons. The van der Waals surface area contributed by atoms with Crippen molar-refractivity contribution in [3.8, 4) is 0 Å². The van der Waals surface area contributed by atoms with Crippen LogP contribution in [0.1, 0.15) is 31.9 Å². The van der Waals surface area contributed by atoms with Crippen LogP contribution in [-0.4, -0.2) is 37.1 Å². The Labute approximate surface area is 166 Å². The number of hydrogen-bond donors (Lipinski definition) is 1. The summed E-state index contributed by atoms with van der Waals surface area (Å²) in [5.74, 6) is 0. The van der Waals surface area contributed by atoms with Crippen LogP contribution in [0.2, 0.25) is 0 Å². The molecule has 0 fully saturated rings. The number of nitrogens with zero attached hydrogens (tertiary/aromatic N) is 1. The standard InChI is InChI=1S/C17H27N2O4PS2/c1-6-21-17(20)18-19(16-13(4)10-9-11-14(16)5)15(25)12-24(26,22-7-2)23-8-3/h9-11H,6-8,12H2,1-5H3,(H,18,20). The third kappa shape index (κ3) is 6.59. The summed E-state index contributed by atoms with van der Waals surface area (Å²) in [6.07, 6.45) is -0.349. The minimum atomic E-state index is -2.58. The molecule has 0 saturated carbocycles. The lowest BCUT2D eigenvalue weighted by molar-refractivity contribution is 0.152. The molecule has 0 radical (unpaired) electrons. The lowest BCUT2D eigenvalue weighted by Crippen LogP contribution is -2.48. The normalized spacial score (nSPS) is 11.1. The number of thiocarbonyl (C=S) groups is 1. The zero-order valence-corrected chi connectivity index (χ0v) is 18.4. The second-order valence-electron chi connectivity index (χ2n) is 5.41. The molecule has 0 aliphatic carbocycles. The van der Waals surface area contributed by atoms with E-state index in [0.29, 0.717) is 18.2 Å². The Bertz CT molecular complexity index is 654. The Hall–Kier alpha value is -1.05. The topological polar surface area (TPSA) is 60.0 Å². The van der Waals surface area contributed by atoms with Gasteiger partial charge >= 0.3 is 6.09 Å². The maximum atomic E-state index is 12.1. The van der Waals surface area contributed by atoms with Crippen molar-refractivity contribution in [2.45, 2.75) is 34.6 Å². The zero-order chi connectivity index (χ0) is 19.7. The third-order valence-corrected chi connectivity index (χ3v) is 6.92. The van der Waals surface area contributed by atoms with Crippen molar-refractivity contribution in [1.82, 2.24) is 5.43 Å². The molecule has 1 N–H and O–H groups in total. The van der Waals surface area contributed by atoms with E-state index in [1.165, 1.54) is 0 Å². The van der Waals surface area contributed by atoms with Gasteiger partial charge in [0, 0.05) is 0 Å². The number of para-hydroxylation sites is 1. The average molecular weight is 419 g/mol. The number of ether oxygens (including phenoxy) is 1. The molecule has 1 aromatic rings. The van der Waals surface area contributed by atoms with Gasteiger partial charge in [-0.25, -0.2) is 15.2 Å². The summed E-state index contributed by atoms with van der Waals surface area (Å²) in [6, 6.07) is 5.85. The van der Waals surface area contributed by atoms with Gasteiger partial charge in [0.05, 0.1) is 31.7 Å². The summed E-state index contributed by atoms with van der Waals surface area (Å²) < 4.78 is 16.4. The number of hydrazine groups is 1. The second-order valence-corrected chi connectivity index (χ2v) is 9.60. The van der Waals surface area contributed by atoms with Crippen LogP contribution in [-0.2, 0) is 25.6 Å². The van der Waals surface area contributed by atoms with Gasteiger partial charge in [0.15, 0.2) is 6.49 Å². The number of nitrogens with one attached hydrogen (secondary N) is 1. The molecule has 1 amide bonds. The van der Waals surface area contributed by atoms with Crippen LogP contribution in [0.25, 0.3) is 0 Å². The highest BCUT2D eigenvalue weighted by Gasteiger charge is 2.27. The van der Waals surface area contributed by atoms with E-state index in [1.807, 2.05) is 45.9 Å². The molecule has 0 heterocycles. The maximum Gasteiger partial charge on any atom is 0.426 e. The number of amides is 1. The number of aryl methyl sites for hydroxylation is 2. The fourth-order valence-electron chi connectivity index (χ4n) is 2.41. The van der Waals surface area contributed by atoms with Gasteiger partial charge in [0.2, 0.25) is 0 Å². The molecular formula is C17H27N2O4PS2. The maximum absolute atomic E-state index is 12.1. The Balaban J connectivity index is 3.21. The number of hydrogen-bond acceptors (Lipinski definition) is 6. The monoisotopic (exact) mass is 418 g/mol. The summed E-state index contributed by atoms with van der Waals surface area (Å²) >= 11 is 11.2. The Kier molecular flexibility index (Phi) is 9.68. The lowest BCUT2D eigenvalue weighted by atomic mass is 10.1. The highest BCUT2D eigenvalue weighted by molar-refractivity contribution is 8.10. The fourth-order valence-corrected chi connectivity index (χ4v) is 5.82. The molecule has 1 rings (SSSR count). The highest BCUT2D eigenvalue weighted by Crippen LogP contribution is 2.48. The molecule has 0 saturated heterocycles. The first-order valence-corrected chi connectivity index (χ1v) is 11.7. The first-order chi connectivity index (χ1) is 12.3. The predicted octanol–water partition coefficient (Wildman–Crippen LogP) is 4.48. The van der Waals surface area contributed by atoms with Gasteiger partial charge in [-0.05, 0) is 57.6 Å². The van der Waals surface area contributed by atoms with Crippen molar-refractivity contribution >= 4 is 47.3 Å². The first kappa shape index (κ1) is 23.0. The molecule has 0 aromatic heterocycles. The number of rotatable bonds is 8. The van der Waals surface area contributed by atoms with Crippen molar-refractivity contribution in [2.75, 3.05) is 31.0 Å². The molecule has 0 atom stereocenters. The number of anilines is 1. The van der Waals surface area contributed by atoms with Crippen molar-refractivity contribution in [2.24, 2.45) is 0 Å². The van der Waals surface area contributed by atoms with E-state index in [4.69, 9.17) is 37.8 Å². The van der Waals surface area contributed by atoms with E-state index >= 15 is 0 Å². The molecule has 6 nitrogen and oxygen atoms in total. The summed E-state index contributed by atoms with van der Waals surface area (Å²) in [4.78, 5) is 12.5. The van der Waals surface area contributed by atoms with E-state index in [9.17, 15) is 4.79 Å². The Morgan fingerprint density at radius 1 is 1.12 bits per heavy atom. The number of benzene rings is 1. The number of carbonyl (C=O) groups is 1. The minimum absolute atomic E-state index is 0.236. The van der Waals surface area contributed by atoms with Crippen LogP contribution < -0.4 is 10.4 Å². The molecule has 1 aromatic carbocycles. The van der Waals surface area contributed by atoms with E-state index < -0.39 is 12.6 Å². The van der Waals surface area contributed by atoms with Crippen LogP contribution in [0, 0.1) is 13.8 Å². The number of carbonyl (C=O) groups excluding carboxylic acids is 1. The van der Waals surface area contributed by atoms with Gasteiger partial charge in [-0.1, -0.05) is 30.4 Å².